The molecule has 0 aliphatic rings. The Labute approximate surface area is 184 Å². The van der Waals surface area contributed by atoms with Crippen molar-refractivity contribution in [2.75, 3.05) is 0 Å². The van der Waals surface area contributed by atoms with Gasteiger partial charge < -0.3 is 9.52 Å². The van der Waals surface area contributed by atoms with Crippen molar-refractivity contribution in [3.8, 4) is 21.8 Å². The first-order valence-electron chi connectivity index (χ1n) is 9.48. The number of benzene rings is 1. The zero-order chi connectivity index (χ0) is 21.5. The highest BCUT2D eigenvalue weighted by Gasteiger charge is 2.22. The fourth-order valence-electron chi connectivity index (χ4n) is 3.60. The molecule has 1 N–H and O–H groups in total. The summed E-state index contributed by atoms with van der Waals surface area (Å²) in [5, 5.41) is 11.7. The highest BCUT2D eigenvalue weighted by Crippen LogP contribution is 2.38. The van der Waals surface area contributed by atoms with Gasteiger partial charge in [0, 0.05) is 20.9 Å². The Balaban J connectivity index is 1.77. The molecule has 4 heterocycles. The molecule has 1 aromatic carbocycles. The number of fused-ring (bicyclic) bond motifs is 1. The Kier molecular flexibility index (Phi) is 4.80. The molecular formula is C23H16N2O4S2. The van der Waals surface area contributed by atoms with Crippen molar-refractivity contribution in [2.24, 2.45) is 0 Å². The molecule has 154 valence electrons. The number of carboxylic acid groups (broad SMARTS) is 1. The van der Waals surface area contributed by atoms with Crippen LogP contribution in [-0.4, -0.2) is 20.6 Å². The molecule has 0 spiro atoms. The summed E-state index contributed by atoms with van der Waals surface area (Å²) >= 11 is 3.09. The standard InChI is InChI=1S/C23H16N2O4S2/c1-13-18(17-8-5-11-30-17)19-21(31-13)24-20(14-6-3-2-4-7-14)25(22(19)26)12-15-9-10-16(29-15)23(27)28/h2-11H,12H2,1H3,(H,27,28). The van der Waals surface area contributed by atoms with Gasteiger partial charge in [-0.3, -0.25) is 9.36 Å². The van der Waals surface area contributed by atoms with E-state index in [9.17, 15) is 9.59 Å². The van der Waals surface area contributed by atoms with Gasteiger partial charge in [0.05, 0.1) is 11.9 Å². The second-order valence-corrected chi connectivity index (χ2v) is 9.11. The number of carboxylic acids is 1. The van der Waals surface area contributed by atoms with E-state index in [2.05, 4.69) is 0 Å². The number of aromatic nitrogens is 2. The molecule has 5 rings (SSSR count). The van der Waals surface area contributed by atoms with Gasteiger partial charge in [-0.2, -0.15) is 0 Å². The molecule has 0 atom stereocenters. The Morgan fingerprint density at radius 3 is 2.61 bits per heavy atom. The van der Waals surface area contributed by atoms with Crippen LogP contribution in [0.15, 0.2) is 69.2 Å². The first-order chi connectivity index (χ1) is 15.0. The Morgan fingerprint density at radius 2 is 1.94 bits per heavy atom. The topological polar surface area (TPSA) is 85.3 Å². The lowest BCUT2D eigenvalue weighted by atomic mass is 10.1. The van der Waals surface area contributed by atoms with E-state index in [0.29, 0.717) is 21.8 Å². The fraction of sp³-hybridized carbons (Fsp3) is 0.0870. The van der Waals surface area contributed by atoms with Crippen molar-refractivity contribution >= 4 is 38.9 Å². The van der Waals surface area contributed by atoms with Crippen LogP contribution in [0.3, 0.4) is 0 Å². The molecule has 6 nitrogen and oxygen atoms in total. The van der Waals surface area contributed by atoms with E-state index in [1.807, 2.05) is 54.8 Å². The minimum Gasteiger partial charge on any atom is -0.475 e. The molecule has 0 aliphatic carbocycles. The zero-order valence-corrected chi connectivity index (χ0v) is 18.0. The third kappa shape index (κ3) is 3.39. The monoisotopic (exact) mass is 448 g/mol. The van der Waals surface area contributed by atoms with Crippen LogP contribution in [-0.2, 0) is 6.54 Å². The lowest BCUT2D eigenvalue weighted by Crippen LogP contribution is -2.23. The van der Waals surface area contributed by atoms with Crippen LogP contribution in [0.4, 0.5) is 0 Å². The summed E-state index contributed by atoms with van der Waals surface area (Å²) in [6.45, 7) is 2.08. The van der Waals surface area contributed by atoms with Crippen LogP contribution in [0.5, 0.6) is 0 Å². The molecule has 0 unspecified atom stereocenters. The zero-order valence-electron chi connectivity index (χ0n) is 16.4. The van der Waals surface area contributed by atoms with Crippen LogP contribution in [0.1, 0.15) is 21.2 Å². The summed E-state index contributed by atoms with van der Waals surface area (Å²) in [5.74, 6) is -0.416. The summed E-state index contributed by atoms with van der Waals surface area (Å²) in [6, 6.07) is 16.4. The highest BCUT2D eigenvalue weighted by atomic mass is 32.1. The number of carbonyl (C=O) groups is 1. The average molecular weight is 449 g/mol. The number of furan rings is 1. The van der Waals surface area contributed by atoms with Gasteiger partial charge in [0.15, 0.2) is 0 Å². The number of rotatable bonds is 5. The van der Waals surface area contributed by atoms with Crippen molar-refractivity contribution in [2.45, 2.75) is 13.5 Å². The minimum absolute atomic E-state index is 0.0814. The average Bonchev–Trinajstić information content (AvgIpc) is 3.50. The molecule has 0 saturated carbocycles. The predicted molar refractivity (Wildman–Crippen MR) is 122 cm³/mol. The molecule has 0 saturated heterocycles. The molecule has 4 aromatic heterocycles. The summed E-state index contributed by atoms with van der Waals surface area (Å²) in [6.07, 6.45) is 0. The Morgan fingerprint density at radius 1 is 1.13 bits per heavy atom. The quantitative estimate of drug-likeness (QED) is 0.384. The van der Waals surface area contributed by atoms with E-state index < -0.39 is 5.97 Å². The van der Waals surface area contributed by atoms with Crippen molar-refractivity contribution in [3.05, 3.63) is 86.7 Å². The predicted octanol–water partition coefficient (Wildman–Crippen LogP) is 5.50. The summed E-state index contributed by atoms with van der Waals surface area (Å²) in [5.41, 5.74) is 1.53. The molecule has 8 heteroatoms. The van der Waals surface area contributed by atoms with E-state index in [-0.39, 0.29) is 17.9 Å². The lowest BCUT2D eigenvalue weighted by molar-refractivity contribution is 0.0660. The van der Waals surface area contributed by atoms with Gasteiger partial charge in [0.2, 0.25) is 5.76 Å². The van der Waals surface area contributed by atoms with Crippen LogP contribution in [0.2, 0.25) is 0 Å². The minimum atomic E-state index is -1.15. The Hall–Kier alpha value is -3.49. The molecule has 0 bridgehead atoms. The number of aryl methyl sites for hydroxylation is 1. The van der Waals surface area contributed by atoms with Gasteiger partial charge in [0.25, 0.3) is 5.56 Å². The maximum absolute atomic E-state index is 13.8. The van der Waals surface area contributed by atoms with E-state index >= 15 is 0 Å². The number of hydrogen-bond donors (Lipinski definition) is 1. The first kappa shape index (κ1) is 19.5. The molecule has 31 heavy (non-hydrogen) atoms. The molecular weight excluding hydrogens is 432 g/mol. The lowest BCUT2D eigenvalue weighted by Gasteiger charge is -2.12. The third-order valence-electron chi connectivity index (χ3n) is 4.97. The summed E-state index contributed by atoms with van der Waals surface area (Å²) < 4.78 is 6.99. The Bertz CT molecular complexity index is 1460. The maximum atomic E-state index is 13.8. The summed E-state index contributed by atoms with van der Waals surface area (Å²) in [7, 11) is 0. The SMILES string of the molecule is Cc1sc2nc(-c3ccccc3)n(Cc3ccc(C(=O)O)o3)c(=O)c2c1-c1cccs1. The van der Waals surface area contributed by atoms with Gasteiger partial charge in [-0.25, -0.2) is 9.78 Å². The number of aromatic carboxylic acids is 1. The van der Waals surface area contributed by atoms with Gasteiger partial charge in [-0.05, 0) is 30.5 Å². The maximum Gasteiger partial charge on any atom is 0.371 e. The largest absolute Gasteiger partial charge is 0.475 e. The van der Waals surface area contributed by atoms with Crippen LogP contribution < -0.4 is 5.56 Å². The number of nitrogens with zero attached hydrogens (tertiary/aromatic N) is 2. The summed E-state index contributed by atoms with van der Waals surface area (Å²) in [4.78, 5) is 32.6. The number of thiophene rings is 2. The van der Waals surface area contributed by atoms with Crippen molar-refractivity contribution in [1.29, 1.82) is 0 Å². The van der Waals surface area contributed by atoms with E-state index in [1.165, 1.54) is 17.4 Å². The second kappa shape index (κ2) is 7.64. The smallest absolute Gasteiger partial charge is 0.371 e. The van der Waals surface area contributed by atoms with Crippen LogP contribution >= 0.6 is 22.7 Å². The van der Waals surface area contributed by atoms with E-state index in [4.69, 9.17) is 14.5 Å². The van der Waals surface area contributed by atoms with Gasteiger partial charge in [0.1, 0.15) is 16.4 Å². The molecule has 0 fully saturated rings. The molecule has 0 aliphatic heterocycles. The van der Waals surface area contributed by atoms with Crippen molar-refractivity contribution in [1.82, 2.24) is 9.55 Å². The van der Waals surface area contributed by atoms with Gasteiger partial charge >= 0.3 is 5.97 Å². The highest BCUT2D eigenvalue weighted by molar-refractivity contribution is 7.20. The molecule has 0 amide bonds. The first-order valence-corrected chi connectivity index (χ1v) is 11.2. The van der Waals surface area contributed by atoms with Gasteiger partial charge in [-0.1, -0.05) is 36.4 Å². The molecule has 5 aromatic rings. The normalized spacial score (nSPS) is 11.3. The molecule has 0 radical (unpaired) electrons. The van der Waals surface area contributed by atoms with Crippen molar-refractivity contribution < 1.29 is 14.3 Å². The van der Waals surface area contributed by atoms with E-state index in [1.54, 1.807) is 22.0 Å². The fourth-order valence-corrected chi connectivity index (χ4v) is 5.53. The van der Waals surface area contributed by atoms with E-state index in [0.717, 1.165) is 20.9 Å². The van der Waals surface area contributed by atoms with Crippen molar-refractivity contribution in [3.63, 3.8) is 0 Å². The van der Waals surface area contributed by atoms with Gasteiger partial charge in [-0.15, -0.1) is 22.7 Å². The second-order valence-electron chi connectivity index (χ2n) is 6.95. The third-order valence-corrected chi connectivity index (χ3v) is 6.86. The number of hydrogen-bond acceptors (Lipinski definition) is 6. The van der Waals surface area contributed by atoms with Crippen LogP contribution in [0, 0.1) is 6.92 Å². The van der Waals surface area contributed by atoms with Crippen LogP contribution in [0.25, 0.3) is 32.0 Å².